The monoisotopic (exact) mass is 187 g/mol. The Hall–Kier alpha value is -0.730. The Bertz CT molecular complexity index is 143. The lowest BCUT2D eigenvalue weighted by Crippen LogP contribution is -2.16. The molecular formula is C10H19O3. The fourth-order valence-corrected chi connectivity index (χ4v) is 0.631. The van der Waals surface area contributed by atoms with Crippen LogP contribution in [0.25, 0.3) is 0 Å². The minimum Gasteiger partial charge on any atom is -0.434 e. The summed E-state index contributed by atoms with van der Waals surface area (Å²) < 4.78 is 9.63. The van der Waals surface area contributed by atoms with Crippen LogP contribution < -0.4 is 0 Å². The van der Waals surface area contributed by atoms with Gasteiger partial charge in [-0.25, -0.2) is 4.79 Å². The Morgan fingerprint density at radius 2 is 2.08 bits per heavy atom. The van der Waals surface area contributed by atoms with Gasteiger partial charge < -0.3 is 9.47 Å². The van der Waals surface area contributed by atoms with E-state index < -0.39 is 6.16 Å². The summed E-state index contributed by atoms with van der Waals surface area (Å²) >= 11 is 0. The molecule has 1 unspecified atom stereocenters. The van der Waals surface area contributed by atoms with Gasteiger partial charge in [0.15, 0.2) is 0 Å². The Morgan fingerprint density at radius 3 is 2.54 bits per heavy atom. The lowest BCUT2D eigenvalue weighted by Gasteiger charge is -2.11. The predicted octanol–water partition coefficient (Wildman–Crippen LogP) is 2.80. The molecule has 0 fully saturated rings. The van der Waals surface area contributed by atoms with Gasteiger partial charge >= 0.3 is 6.16 Å². The van der Waals surface area contributed by atoms with Crippen LogP contribution in [-0.2, 0) is 9.47 Å². The second-order valence-corrected chi connectivity index (χ2v) is 3.43. The Kier molecular flexibility index (Phi) is 6.37. The molecule has 0 saturated heterocycles. The highest BCUT2D eigenvalue weighted by Gasteiger charge is 2.08. The van der Waals surface area contributed by atoms with E-state index in [1.165, 1.54) is 0 Å². The Balaban J connectivity index is 3.41. The maximum atomic E-state index is 10.9. The summed E-state index contributed by atoms with van der Waals surface area (Å²) in [7, 11) is 0. The molecule has 1 radical (unpaired) electrons. The van der Waals surface area contributed by atoms with E-state index in [1.807, 2.05) is 6.92 Å². The molecule has 0 aromatic carbocycles. The fourth-order valence-electron chi connectivity index (χ4n) is 0.631. The SMILES string of the molecule is [CH2]C(CC)OC(=O)OCCC(C)C. The van der Waals surface area contributed by atoms with Crippen LogP contribution in [0.5, 0.6) is 0 Å². The van der Waals surface area contributed by atoms with Crippen molar-refractivity contribution < 1.29 is 14.3 Å². The van der Waals surface area contributed by atoms with Crippen molar-refractivity contribution >= 4 is 6.16 Å². The number of rotatable bonds is 5. The summed E-state index contributed by atoms with van der Waals surface area (Å²) in [6.45, 7) is 10.1. The van der Waals surface area contributed by atoms with Crippen molar-refractivity contribution in [1.29, 1.82) is 0 Å². The lowest BCUT2D eigenvalue weighted by molar-refractivity contribution is 0.0332. The Morgan fingerprint density at radius 1 is 1.46 bits per heavy atom. The van der Waals surface area contributed by atoms with Crippen molar-refractivity contribution in [2.75, 3.05) is 6.61 Å². The van der Waals surface area contributed by atoms with E-state index in [1.54, 1.807) is 0 Å². The van der Waals surface area contributed by atoms with Gasteiger partial charge in [0.25, 0.3) is 0 Å². The second kappa shape index (κ2) is 6.75. The highest BCUT2D eigenvalue weighted by Crippen LogP contribution is 2.02. The summed E-state index contributed by atoms with van der Waals surface area (Å²) in [6.07, 6.45) is 0.663. The van der Waals surface area contributed by atoms with Crippen molar-refractivity contribution in [3.63, 3.8) is 0 Å². The van der Waals surface area contributed by atoms with Crippen molar-refractivity contribution in [3.8, 4) is 0 Å². The maximum Gasteiger partial charge on any atom is 0.508 e. The molecular weight excluding hydrogens is 168 g/mol. The quantitative estimate of drug-likeness (QED) is 0.621. The highest BCUT2D eigenvalue weighted by molar-refractivity contribution is 5.60. The van der Waals surface area contributed by atoms with Gasteiger partial charge in [-0.3, -0.25) is 0 Å². The zero-order chi connectivity index (χ0) is 10.3. The molecule has 77 valence electrons. The van der Waals surface area contributed by atoms with E-state index in [-0.39, 0.29) is 6.10 Å². The van der Waals surface area contributed by atoms with E-state index in [2.05, 4.69) is 20.8 Å². The molecule has 0 saturated carbocycles. The van der Waals surface area contributed by atoms with E-state index in [4.69, 9.17) is 9.47 Å². The van der Waals surface area contributed by atoms with Gasteiger partial charge in [0.1, 0.15) is 6.10 Å². The first-order valence-corrected chi connectivity index (χ1v) is 4.72. The number of carbonyl (C=O) groups excluding carboxylic acids is 1. The molecule has 0 aliphatic carbocycles. The van der Waals surface area contributed by atoms with Crippen LogP contribution in [0.15, 0.2) is 0 Å². The normalized spacial score (nSPS) is 12.7. The number of hydrogen-bond acceptors (Lipinski definition) is 3. The first-order valence-electron chi connectivity index (χ1n) is 4.72. The third kappa shape index (κ3) is 7.62. The number of hydrogen-bond donors (Lipinski definition) is 0. The first-order chi connectivity index (χ1) is 6.06. The van der Waals surface area contributed by atoms with Crippen molar-refractivity contribution in [1.82, 2.24) is 0 Å². The smallest absolute Gasteiger partial charge is 0.434 e. The molecule has 0 heterocycles. The number of carbonyl (C=O) groups is 1. The summed E-state index contributed by atoms with van der Waals surface area (Å²) in [5, 5.41) is 0. The van der Waals surface area contributed by atoms with E-state index >= 15 is 0 Å². The molecule has 1 atom stereocenters. The second-order valence-electron chi connectivity index (χ2n) is 3.43. The largest absolute Gasteiger partial charge is 0.508 e. The summed E-state index contributed by atoms with van der Waals surface area (Å²) in [5.74, 6) is 0.537. The average molecular weight is 187 g/mol. The molecule has 0 N–H and O–H groups in total. The molecule has 0 aromatic heterocycles. The lowest BCUT2D eigenvalue weighted by atomic mass is 10.1. The third-order valence-corrected chi connectivity index (χ3v) is 1.63. The zero-order valence-corrected chi connectivity index (χ0v) is 8.71. The van der Waals surface area contributed by atoms with Crippen LogP contribution in [0, 0.1) is 12.8 Å². The first kappa shape index (κ1) is 12.3. The van der Waals surface area contributed by atoms with Gasteiger partial charge in [0.2, 0.25) is 0 Å². The topological polar surface area (TPSA) is 35.5 Å². The van der Waals surface area contributed by atoms with Gasteiger partial charge in [-0.2, -0.15) is 0 Å². The van der Waals surface area contributed by atoms with Crippen LogP contribution in [0.4, 0.5) is 4.79 Å². The van der Waals surface area contributed by atoms with Crippen LogP contribution in [0.3, 0.4) is 0 Å². The predicted molar refractivity (Wildman–Crippen MR) is 51.3 cm³/mol. The third-order valence-electron chi connectivity index (χ3n) is 1.63. The molecule has 0 amide bonds. The van der Waals surface area contributed by atoms with Crippen molar-refractivity contribution in [3.05, 3.63) is 6.92 Å². The summed E-state index contributed by atoms with van der Waals surface area (Å²) in [6, 6.07) is 0. The van der Waals surface area contributed by atoms with Crippen LogP contribution >= 0.6 is 0 Å². The van der Waals surface area contributed by atoms with Crippen LogP contribution in [-0.4, -0.2) is 18.9 Å². The number of ether oxygens (including phenoxy) is 2. The van der Waals surface area contributed by atoms with Gasteiger partial charge in [-0.15, -0.1) is 0 Å². The standard InChI is InChI=1S/C10H19O3/c1-5-9(4)13-10(11)12-7-6-8(2)3/h8-9H,4-7H2,1-3H3. The van der Waals surface area contributed by atoms with Crippen molar-refractivity contribution in [2.24, 2.45) is 5.92 Å². The molecule has 0 aromatic rings. The van der Waals surface area contributed by atoms with Gasteiger partial charge in [0, 0.05) is 0 Å². The molecule has 3 heteroatoms. The zero-order valence-electron chi connectivity index (χ0n) is 8.71. The minimum absolute atomic E-state index is 0.299. The minimum atomic E-state index is -0.609. The van der Waals surface area contributed by atoms with E-state index in [0.717, 1.165) is 6.42 Å². The molecule has 13 heavy (non-hydrogen) atoms. The average Bonchev–Trinajstić information content (AvgIpc) is 2.03. The summed E-state index contributed by atoms with van der Waals surface area (Å²) in [5.41, 5.74) is 0. The van der Waals surface area contributed by atoms with Crippen LogP contribution in [0.2, 0.25) is 0 Å². The molecule has 0 aliphatic heterocycles. The maximum absolute atomic E-state index is 10.9. The fraction of sp³-hybridized carbons (Fsp3) is 0.800. The molecule has 0 aliphatic rings. The molecule has 0 bridgehead atoms. The van der Waals surface area contributed by atoms with Crippen molar-refractivity contribution in [2.45, 2.75) is 39.7 Å². The van der Waals surface area contributed by atoms with E-state index in [9.17, 15) is 4.79 Å². The molecule has 3 nitrogen and oxygen atoms in total. The van der Waals surface area contributed by atoms with Gasteiger partial charge in [-0.1, -0.05) is 20.8 Å². The van der Waals surface area contributed by atoms with Crippen LogP contribution in [0.1, 0.15) is 33.6 Å². The Labute approximate surface area is 80.4 Å². The van der Waals surface area contributed by atoms with Gasteiger partial charge in [-0.05, 0) is 25.7 Å². The highest BCUT2D eigenvalue weighted by atomic mass is 16.7. The van der Waals surface area contributed by atoms with E-state index in [0.29, 0.717) is 18.9 Å². The molecule has 0 spiro atoms. The van der Waals surface area contributed by atoms with Gasteiger partial charge in [0.05, 0.1) is 6.61 Å². The summed E-state index contributed by atoms with van der Waals surface area (Å²) in [4.78, 5) is 10.9. The molecule has 0 rings (SSSR count).